The Balaban J connectivity index is 1.98. The molecule has 0 aromatic heterocycles. The zero-order chi connectivity index (χ0) is 14.6. The number of aryl methyl sites for hydroxylation is 2. The van der Waals surface area contributed by atoms with Crippen LogP contribution in [-0.2, 0) is 6.42 Å². The summed E-state index contributed by atoms with van der Waals surface area (Å²) in [5.74, 6) is 0.401. The molecule has 20 heavy (non-hydrogen) atoms. The maximum atomic E-state index is 9.50. The van der Waals surface area contributed by atoms with E-state index in [1.54, 1.807) is 6.07 Å². The van der Waals surface area contributed by atoms with Crippen LogP contribution in [0.2, 0.25) is 0 Å². The van der Waals surface area contributed by atoms with Gasteiger partial charge in [0.15, 0.2) is 0 Å². The predicted octanol–water partition coefficient (Wildman–Crippen LogP) is 6.16. The molecule has 1 rings (SSSR count). The summed E-state index contributed by atoms with van der Waals surface area (Å²) in [6.45, 7) is 4.40. The Morgan fingerprint density at radius 2 is 1.35 bits per heavy atom. The van der Waals surface area contributed by atoms with Crippen LogP contribution in [0, 0.1) is 6.92 Å². The van der Waals surface area contributed by atoms with Crippen molar-refractivity contribution < 1.29 is 5.11 Å². The largest absolute Gasteiger partial charge is 0.508 e. The molecule has 0 aliphatic heterocycles. The first-order chi connectivity index (χ1) is 9.74. The van der Waals surface area contributed by atoms with Gasteiger partial charge >= 0.3 is 0 Å². The SMILES string of the molecule is CCCCCCCCCCCCc1cc(O)ccc1C. The number of hydrogen-bond acceptors (Lipinski definition) is 1. The van der Waals surface area contributed by atoms with Gasteiger partial charge in [0, 0.05) is 0 Å². The lowest BCUT2D eigenvalue weighted by molar-refractivity contribution is 0.474. The molecule has 0 aliphatic rings. The van der Waals surface area contributed by atoms with Crippen molar-refractivity contribution in [3.63, 3.8) is 0 Å². The summed E-state index contributed by atoms with van der Waals surface area (Å²) in [4.78, 5) is 0. The van der Waals surface area contributed by atoms with Gasteiger partial charge in [-0.3, -0.25) is 0 Å². The van der Waals surface area contributed by atoms with E-state index in [0.717, 1.165) is 6.42 Å². The van der Waals surface area contributed by atoms with E-state index in [0.29, 0.717) is 5.75 Å². The molecule has 0 radical (unpaired) electrons. The van der Waals surface area contributed by atoms with Crippen LogP contribution >= 0.6 is 0 Å². The lowest BCUT2D eigenvalue weighted by Gasteiger charge is -2.06. The third-order valence-electron chi connectivity index (χ3n) is 4.13. The van der Waals surface area contributed by atoms with E-state index in [9.17, 15) is 5.11 Å². The summed E-state index contributed by atoms with van der Waals surface area (Å²) in [7, 11) is 0. The molecule has 1 nitrogen and oxygen atoms in total. The predicted molar refractivity (Wildman–Crippen MR) is 88.4 cm³/mol. The molecular weight excluding hydrogens is 244 g/mol. The highest BCUT2D eigenvalue weighted by molar-refractivity contribution is 5.33. The molecule has 0 spiro atoms. The van der Waals surface area contributed by atoms with Crippen molar-refractivity contribution in [2.45, 2.75) is 84.5 Å². The van der Waals surface area contributed by atoms with Gasteiger partial charge in [0.05, 0.1) is 0 Å². The molecule has 1 aromatic rings. The highest BCUT2D eigenvalue weighted by Crippen LogP contribution is 2.19. The Morgan fingerprint density at radius 3 is 1.95 bits per heavy atom. The average molecular weight is 276 g/mol. The first-order valence-corrected chi connectivity index (χ1v) is 8.52. The Kier molecular flexibility index (Phi) is 9.19. The van der Waals surface area contributed by atoms with Crippen molar-refractivity contribution in [2.24, 2.45) is 0 Å². The lowest BCUT2D eigenvalue weighted by Crippen LogP contribution is -1.90. The molecule has 0 saturated carbocycles. The zero-order valence-corrected chi connectivity index (χ0v) is 13.5. The van der Waals surface area contributed by atoms with Crippen LogP contribution in [0.5, 0.6) is 5.75 Å². The van der Waals surface area contributed by atoms with Crippen LogP contribution in [0.15, 0.2) is 18.2 Å². The summed E-state index contributed by atoms with van der Waals surface area (Å²) in [6, 6.07) is 5.71. The third kappa shape index (κ3) is 7.57. The van der Waals surface area contributed by atoms with E-state index in [1.807, 2.05) is 12.1 Å². The van der Waals surface area contributed by atoms with Gasteiger partial charge in [-0.2, -0.15) is 0 Å². The van der Waals surface area contributed by atoms with Crippen LogP contribution in [0.3, 0.4) is 0 Å². The van der Waals surface area contributed by atoms with Gasteiger partial charge in [-0.25, -0.2) is 0 Å². The van der Waals surface area contributed by atoms with Gasteiger partial charge in [0.25, 0.3) is 0 Å². The molecule has 0 aliphatic carbocycles. The fraction of sp³-hybridized carbons (Fsp3) is 0.684. The van der Waals surface area contributed by atoms with E-state index in [1.165, 1.54) is 75.3 Å². The summed E-state index contributed by atoms with van der Waals surface area (Å²) >= 11 is 0. The molecule has 0 atom stereocenters. The minimum Gasteiger partial charge on any atom is -0.508 e. The van der Waals surface area contributed by atoms with Crippen molar-refractivity contribution in [1.82, 2.24) is 0 Å². The minimum atomic E-state index is 0.401. The second-order valence-electron chi connectivity index (χ2n) is 6.04. The number of phenolic OH excluding ortho intramolecular Hbond substituents is 1. The van der Waals surface area contributed by atoms with Crippen molar-refractivity contribution >= 4 is 0 Å². The Hall–Kier alpha value is -0.980. The normalized spacial score (nSPS) is 10.9. The van der Waals surface area contributed by atoms with Crippen molar-refractivity contribution in [3.8, 4) is 5.75 Å². The van der Waals surface area contributed by atoms with Gasteiger partial charge in [0.1, 0.15) is 5.75 Å². The molecule has 0 fully saturated rings. The van der Waals surface area contributed by atoms with Crippen LogP contribution in [0.1, 0.15) is 82.3 Å². The van der Waals surface area contributed by atoms with Crippen LogP contribution in [-0.4, -0.2) is 5.11 Å². The molecule has 1 heteroatoms. The molecule has 1 aromatic carbocycles. The van der Waals surface area contributed by atoms with E-state index < -0.39 is 0 Å². The molecule has 0 saturated heterocycles. The second-order valence-corrected chi connectivity index (χ2v) is 6.04. The Morgan fingerprint density at radius 1 is 0.800 bits per heavy atom. The topological polar surface area (TPSA) is 20.2 Å². The van der Waals surface area contributed by atoms with E-state index in [-0.39, 0.29) is 0 Å². The third-order valence-corrected chi connectivity index (χ3v) is 4.13. The highest BCUT2D eigenvalue weighted by Gasteiger charge is 2.00. The van der Waals surface area contributed by atoms with Crippen molar-refractivity contribution in [2.75, 3.05) is 0 Å². The number of hydrogen-bond donors (Lipinski definition) is 1. The fourth-order valence-electron chi connectivity index (χ4n) is 2.73. The van der Waals surface area contributed by atoms with Gasteiger partial charge < -0.3 is 5.11 Å². The van der Waals surface area contributed by atoms with Gasteiger partial charge in [-0.05, 0) is 43.0 Å². The monoisotopic (exact) mass is 276 g/mol. The number of aromatic hydroxyl groups is 1. The average Bonchev–Trinajstić information content (AvgIpc) is 2.44. The Bertz CT molecular complexity index is 357. The summed E-state index contributed by atoms with van der Waals surface area (Å²) in [5, 5.41) is 9.50. The lowest BCUT2D eigenvalue weighted by atomic mass is 10.0. The van der Waals surface area contributed by atoms with Crippen LogP contribution < -0.4 is 0 Å². The van der Waals surface area contributed by atoms with Crippen molar-refractivity contribution in [1.29, 1.82) is 0 Å². The summed E-state index contributed by atoms with van der Waals surface area (Å²) < 4.78 is 0. The maximum absolute atomic E-state index is 9.50. The molecular formula is C19H32O. The van der Waals surface area contributed by atoms with Crippen LogP contribution in [0.25, 0.3) is 0 Å². The number of unbranched alkanes of at least 4 members (excludes halogenated alkanes) is 9. The maximum Gasteiger partial charge on any atom is 0.115 e. The van der Waals surface area contributed by atoms with E-state index in [2.05, 4.69) is 13.8 Å². The van der Waals surface area contributed by atoms with E-state index in [4.69, 9.17) is 0 Å². The smallest absolute Gasteiger partial charge is 0.115 e. The van der Waals surface area contributed by atoms with Crippen LogP contribution in [0.4, 0.5) is 0 Å². The fourth-order valence-corrected chi connectivity index (χ4v) is 2.73. The minimum absolute atomic E-state index is 0.401. The number of rotatable bonds is 11. The van der Waals surface area contributed by atoms with Gasteiger partial charge in [-0.15, -0.1) is 0 Å². The molecule has 0 amide bonds. The summed E-state index contributed by atoms with van der Waals surface area (Å²) in [6.07, 6.45) is 14.9. The molecule has 0 heterocycles. The standard InChI is InChI=1S/C19H32O/c1-3-4-5-6-7-8-9-10-11-12-13-18-16-19(20)15-14-17(18)2/h14-16,20H,3-13H2,1-2H3. The quantitative estimate of drug-likeness (QED) is 0.479. The molecule has 0 bridgehead atoms. The van der Waals surface area contributed by atoms with E-state index >= 15 is 0 Å². The first-order valence-electron chi connectivity index (χ1n) is 8.52. The second kappa shape index (κ2) is 10.8. The molecule has 1 N–H and O–H groups in total. The number of phenols is 1. The molecule has 0 unspecified atom stereocenters. The zero-order valence-electron chi connectivity index (χ0n) is 13.5. The van der Waals surface area contributed by atoms with Crippen molar-refractivity contribution in [3.05, 3.63) is 29.3 Å². The first kappa shape index (κ1) is 17.1. The van der Waals surface area contributed by atoms with Gasteiger partial charge in [0.2, 0.25) is 0 Å². The van der Waals surface area contributed by atoms with Gasteiger partial charge in [-0.1, -0.05) is 70.8 Å². The number of benzene rings is 1. The highest BCUT2D eigenvalue weighted by atomic mass is 16.3. The Labute approximate surface area is 125 Å². The molecule has 114 valence electrons. The summed E-state index contributed by atoms with van der Waals surface area (Å²) in [5.41, 5.74) is 2.61.